The van der Waals surface area contributed by atoms with Gasteiger partial charge in [-0.2, -0.15) is 5.26 Å². The molecular formula is C7H13N3. The van der Waals surface area contributed by atoms with Crippen LogP contribution in [0.2, 0.25) is 0 Å². The van der Waals surface area contributed by atoms with E-state index < -0.39 is 0 Å². The van der Waals surface area contributed by atoms with Crippen molar-refractivity contribution in [3.8, 4) is 6.07 Å². The van der Waals surface area contributed by atoms with Crippen LogP contribution in [0.1, 0.15) is 13.3 Å². The Kier molecular flexibility index (Phi) is 1.93. The fourth-order valence-corrected chi connectivity index (χ4v) is 1.33. The molecule has 0 unspecified atom stereocenters. The van der Waals surface area contributed by atoms with E-state index in [1.807, 2.05) is 6.92 Å². The normalized spacial score (nSPS) is 40.7. The van der Waals surface area contributed by atoms with Crippen LogP contribution >= 0.6 is 0 Å². The molecule has 0 amide bonds. The van der Waals surface area contributed by atoms with Gasteiger partial charge in [0.15, 0.2) is 0 Å². The summed E-state index contributed by atoms with van der Waals surface area (Å²) < 4.78 is 0. The highest BCUT2D eigenvalue weighted by atomic mass is 15.0. The molecule has 0 bridgehead atoms. The van der Waals surface area contributed by atoms with Crippen LogP contribution in [0.3, 0.4) is 0 Å². The molecule has 1 aliphatic rings. The van der Waals surface area contributed by atoms with Crippen LogP contribution in [-0.2, 0) is 0 Å². The van der Waals surface area contributed by atoms with Crippen LogP contribution in [0, 0.1) is 17.2 Å². The number of nitriles is 1. The van der Waals surface area contributed by atoms with Crippen molar-refractivity contribution in [1.29, 1.82) is 5.26 Å². The molecule has 56 valence electrons. The van der Waals surface area contributed by atoms with Crippen LogP contribution < -0.4 is 11.1 Å². The summed E-state index contributed by atoms with van der Waals surface area (Å²) in [6.07, 6.45) is 0.816. The summed E-state index contributed by atoms with van der Waals surface area (Å²) in [4.78, 5) is 0. The Morgan fingerprint density at radius 1 is 1.80 bits per heavy atom. The zero-order valence-corrected chi connectivity index (χ0v) is 6.22. The molecule has 3 N–H and O–H groups in total. The highest BCUT2D eigenvalue weighted by Gasteiger charge is 2.27. The average Bonchev–Trinajstić information content (AvgIpc) is 1.86. The van der Waals surface area contributed by atoms with Gasteiger partial charge in [-0.3, -0.25) is 0 Å². The highest BCUT2D eigenvalue weighted by molar-refractivity contribution is 4.97. The van der Waals surface area contributed by atoms with Gasteiger partial charge in [-0.25, -0.2) is 0 Å². The van der Waals surface area contributed by atoms with E-state index in [-0.39, 0.29) is 11.5 Å². The monoisotopic (exact) mass is 139 g/mol. The molecule has 1 heterocycles. The van der Waals surface area contributed by atoms with E-state index in [0.29, 0.717) is 0 Å². The van der Waals surface area contributed by atoms with Gasteiger partial charge in [0.1, 0.15) is 0 Å². The Morgan fingerprint density at radius 2 is 2.50 bits per heavy atom. The average molecular weight is 139 g/mol. The third-order valence-corrected chi connectivity index (χ3v) is 1.81. The van der Waals surface area contributed by atoms with Gasteiger partial charge in [0.05, 0.1) is 12.0 Å². The van der Waals surface area contributed by atoms with Crippen LogP contribution in [-0.4, -0.2) is 18.6 Å². The quantitative estimate of drug-likeness (QED) is 0.490. The molecule has 3 nitrogen and oxygen atoms in total. The molecule has 2 atom stereocenters. The summed E-state index contributed by atoms with van der Waals surface area (Å²) in [5.74, 6) is 0.101. The maximum Gasteiger partial charge on any atom is 0.0669 e. The van der Waals surface area contributed by atoms with Crippen LogP contribution in [0.25, 0.3) is 0 Å². The summed E-state index contributed by atoms with van der Waals surface area (Å²) >= 11 is 0. The summed E-state index contributed by atoms with van der Waals surface area (Å²) in [5.41, 5.74) is 5.65. The molecule has 1 aliphatic heterocycles. The molecule has 0 radical (unpaired) electrons. The predicted molar refractivity (Wildman–Crippen MR) is 39.2 cm³/mol. The van der Waals surface area contributed by atoms with Gasteiger partial charge in [-0.1, -0.05) is 0 Å². The second-order valence-corrected chi connectivity index (χ2v) is 3.32. The standard InChI is InChI=1S/C7H13N3/c1-7(9)2-6(3-8)4-10-5-7/h6,10H,2,4-5,9H2,1H3/t6-,7-/m1/s1. The second kappa shape index (κ2) is 2.57. The second-order valence-electron chi connectivity index (χ2n) is 3.32. The van der Waals surface area contributed by atoms with Crippen molar-refractivity contribution in [2.75, 3.05) is 13.1 Å². The lowest BCUT2D eigenvalue weighted by Crippen LogP contribution is -2.53. The zero-order valence-electron chi connectivity index (χ0n) is 6.22. The number of nitrogens with zero attached hydrogens (tertiary/aromatic N) is 1. The molecule has 3 heteroatoms. The van der Waals surface area contributed by atoms with Crippen LogP contribution in [0.5, 0.6) is 0 Å². The van der Waals surface area contributed by atoms with Gasteiger partial charge in [0.25, 0.3) is 0 Å². The minimum absolute atomic E-state index is 0.101. The van der Waals surface area contributed by atoms with Crippen molar-refractivity contribution in [2.24, 2.45) is 11.7 Å². The van der Waals surface area contributed by atoms with E-state index in [0.717, 1.165) is 19.5 Å². The highest BCUT2D eigenvalue weighted by Crippen LogP contribution is 2.16. The van der Waals surface area contributed by atoms with E-state index in [1.165, 1.54) is 0 Å². The lowest BCUT2D eigenvalue weighted by atomic mass is 9.87. The molecule has 0 aromatic carbocycles. The number of nitrogens with one attached hydrogen (secondary N) is 1. The van der Waals surface area contributed by atoms with E-state index in [4.69, 9.17) is 11.0 Å². The first kappa shape index (κ1) is 7.52. The van der Waals surface area contributed by atoms with Crippen molar-refractivity contribution in [3.63, 3.8) is 0 Å². The topological polar surface area (TPSA) is 61.8 Å². The van der Waals surface area contributed by atoms with E-state index in [1.54, 1.807) is 0 Å². The molecular weight excluding hydrogens is 126 g/mol. The van der Waals surface area contributed by atoms with Crippen molar-refractivity contribution in [3.05, 3.63) is 0 Å². The molecule has 0 saturated carbocycles. The van der Waals surface area contributed by atoms with Gasteiger partial charge in [0.2, 0.25) is 0 Å². The fraction of sp³-hybridized carbons (Fsp3) is 0.857. The van der Waals surface area contributed by atoms with Crippen molar-refractivity contribution < 1.29 is 0 Å². The Balaban J connectivity index is 2.49. The van der Waals surface area contributed by atoms with Gasteiger partial charge in [-0.15, -0.1) is 0 Å². The minimum atomic E-state index is -0.182. The third-order valence-electron chi connectivity index (χ3n) is 1.81. The van der Waals surface area contributed by atoms with Crippen molar-refractivity contribution in [2.45, 2.75) is 18.9 Å². The first-order chi connectivity index (χ1) is 4.64. The Labute approximate surface area is 61.2 Å². The van der Waals surface area contributed by atoms with E-state index in [9.17, 15) is 0 Å². The summed E-state index contributed by atoms with van der Waals surface area (Å²) in [7, 11) is 0. The van der Waals surface area contributed by atoms with Crippen molar-refractivity contribution in [1.82, 2.24) is 5.32 Å². The summed E-state index contributed by atoms with van der Waals surface area (Å²) in [6.45, 7) is 3.60. The Morgan fingerprint density at radius 3 is 2.90 bits per heavy atom. The minimum Gasteiger partial charge on any atom is -0.324 e. The molecule has 10 heavy (non-hydrogen) atoms. The van der Waals surface area contributed by atoms with Gasteiger partial charge < -0.3 is 11.1 Å². The maximum atomic E-state index is 8.58. The first-order valence-corrected chi connectivity index (χ1v) is 3.53. The number of piperidine rings is 1. The van der Waals surface area contributed by atoms with E-state index >= 15 is 0 Å². The number of rotatable bonds is 0. The molecule has 0 aromatic heterocycles. The lowest BCUT2D eigenvalue weighted by Gasteiger charge is -2.32. The molecule has 0 aliphatic carbocycles. The Bertz CT molecular complexity index is 157. The Hall–Kier alpha value is -0.590. The summed E-state index contributed by atoms with van der Waals surface area (Å²) in [5, 5.41) is 11.7. The molecule has 0 spiro atoms. The third kappa shape index (κ3) is 1.69. The maximum absolute atomic E-state index is 8.58. The smallest absolute Gasteiger partial charge is 0.0669 e. The molecule has 0 aromatic rings. The number of nitrogens with two attached hydrogens (primary N) is 1. The van der Waals surface area contributed by atoms with Gasteiger partial charge in [0, 0.05) is 18.6 Å². The largest absolute Gasteiger partial charge is 0.324 e. The van der Waals surface area contributed by atoms with Gasteiger partial charge in [-0.05, 0) is 13.3 Å². The fourth-order valence-electron chi connectivity index (χ4n) is 1.33. The zero-order chi connectivity index (χ0) is 7.61. The number of hydrogen-bond acceptors (Lipinski definition) is 3. The van der Waals surface area contributed by atoms with E-state index in [2.05, 4.69) is 11.4 Å². The molecule has 1 fully saturated rings. The first-order valence-electron chi connectivity index (χ1n) is 3.53. The van der Waals surface area contributed by atoms with Crippen LogP contribution in [0.4, 0.5) is 0 Å². The van der Waals surface area contributed by atoms with Crippen molar-refractivity contribution >= 4 is 0 Å². The predicted octanol–water partition coefficient (Wildman–Crippen LogP) is -0.163. The number of hydrogen-bond donors (Lipinski definition) is 2. The summed E-state index contributed by atoms with van der Waals surface area (Å²) in [6, 6.07) is 2.22. The van der Waals surface area contributed by atoms with Crippen LogP contribution in [0.15, 0.2) is 0 Å². The van der Waals surface area contributed by atoms with Gasteiger partial charge >= 0.3 is 0 Å². The molecule has 1 rings (SSSR count). The lowest BCUT2D eigenvalue weighted by molar-refractivity contribution is 0.299. The SMILES string of the molecule is C[C@]1(N)CNC[C@@H](C#N)C1. The molecule has 1 saturated heterocycles.